The highest BCUT2D eigenvalue weighted by atomic mass is 19.4. The molecule has 0 saturated carbocycles. The van der Waals surface area contributed by atoms with E-state index < -0.39 is 29.7 Å². The highest BCUT2D eigenvalue weighted by molar-refractivity contribution is 6.24. The fraction of sp³-hybridized carbons (Fsp3) is 0.211. The van der Waals surface area contributed by atoms with Crippen LogP contribution in [0, 0.1) is 6.92 Å². The molecule has 4 amide bonds. The summed E-state index contributed by atoms with van der Waals surface area (Å²) in [5.41, 5.74) is -3.15. The Morgan fingerprint density at radius 3 is 2.34 bits per heavy atom. The van der Waals surface area contributed by atoms with Crippen LogP contribution in [0.1, 0.15) is 15.9 Å². The lowest BCUT2D eigenvalue weighted by molar-refractivity contribution is -0.197. The van der Waals surface area contributed by atoms with Gasteiger partial charge in [0.2, 0.25) is 0 Å². The van der Waals surface area contributed by atoms with Gasteiger partial charge in [0.05, 0.1) is 12.8 Å². The summed E-state index contributed by atoms with van der Waals surface area (Å²) in [6.07, 6.45) is -5.29. The lowest BCUT2D eigenvalue weighted by atomic mass is 10.1. The van der Waals surface area contributed by atoms with Crippen molar-refractivity contribution in [1.82, 2.24) is 10.6 Å². The van der Waals surface area contributed by atoms with Crippen LogP contribution in [0.3, 0.4) is 0 Å². The third kappa shape index (κ3) is 3.48. The van der Waals surface area contributed by atoms with Gasteiger partial charge < -0.3 is 10.1 Å². The number of benzene rings is 2. The number of halogens is 3. The molecule has 0 radical (unpaired) electrons. The van der Waals surface area contributed by atoms with Crippen LogP contribution < -0.4 is 20.3 Å². The van der Waals surface area contributed by atoms with Crippen LogP contribution >= 0.6 is 0 Å². The largest absolute Gasteiger partial charge is 0.497 e. The molecule has 1 saturated heterocycles. The van der Waals surface area contributed by atoms with Crippen molar-refractivity contribution in [2.24, 2.45) is 0 Å². The Morgan fingerprint density at radius 2 is 1.79 bits per heavy atom. The van der Waals surface area contributed by atoms with Crippen LogP contribution in [0.2, 0.25) is 0 Å². The van der Waals surface area contributed by atoms with Crippen molar-refractivity contribution in [3.05, 3.63) is 59.7 Å². The fourth-order valence-electron chi connectivity index (χ4n) is 2.86. The summed E-state index contributed by atoms with van der Waals surface area (Å²) in [5, 5.41) is 3.26. The number of alkyl halides is 3. The molecule has 1 unspecified atom stereocenters. The van der Waals surface area contributed by atoms with E-state index >= 15 is 0 Å². The van der Waals surface area contributed by atoms with E-state index in [1.807, 2.05) is 0 Å². The summed E-state index contributed by atoms with van der Waals surface area (Å²) in [5.74, 6) is -2.45. The van der Waals surface area contributed by atoms with Crippen LogP contribution in [0.25, 0.3) is 0 Å². The molecule has 2 N–H and O–H groups in total. The lowest BCUT2D eigenvalue weighted by Gasteiger charge is -2.29. The number of methoxy groups -OCH3 is 1. The van der Waals surface area contributed by atoms with Gasteiger partial charge in [0.1, 0.15) is 5.75 Å². The third-order valence-electron chi connectivity index (χ3n) is 4.36. The number of ether oxygens (including phenoxy) is 1. The molecule has 2 aromatic rings. The van der Waals surface area contributed by atoms with Crippen molar-refractivity contribution in [3.63, 3.8) is 0 Å². The SMILES string of the molecule is COc1ccc(C(=O)NC2(C(F)(F)F)NC(=O)N(c3cccc(C)c3)C2=O)cc1. The first kappa shape index (κ1) is 20.2. The Kier molecular flexibility index (Phi) is 4.95. The topological polar surface area (TPSA) is 87.7 Å². The predicted octanol–water partition coefficient (Wildman–Crippen LogP) is 2.75. The standard InChI is InChI=1S/C19H16F3N3O4/c1-11-4-3-5-13(10-11)25-16(27)18(19(20,21)22,24-17(25)28)23-15(26)12-6-8-14(29-2)9-7-12/h3-10H,1-2H3,(H,23,26)(H,24,28). The molecule has 7 nitrogen and oxygen atoms in total. The predicted molar refractivity (Wildman–Crippen MR) is 96.4 cm³/mol. The summed E-state index contributed by atoms with van der Waals surface area (Å²) >= 11 is 0. The van der Waals surface area contributed by atoms with Gasteiger partial charge in [0, 0.05) is 5.56 Å². The van der Waals surface area contributed by atoms with Crippen molar-refractivity contribution in [2.45, 2.75) is 18.8 Å². The van der Waals surface area contributed by atoms with E-state index in [0.29, 0.717) is 16.2 Å². The molecule has 1 fully saturated rings. The van der Waals surface area contributed by atoms with E-state index in [9.17, 15) is 27.6 Å². The van der Waals surface area contributed by atoms with Crippen molar-refractivity contribution in [2.75, 3.05) is 12.0 Å². The maximum Gasteiger partial charge on any atom is 0.440 e. The molecule has 1 heterocycles. The second kappa shape index (κ2) is 7.12. The van der Waals surface area contributed by atoms with Gasteiger partial charge in [0.25, 0.3) is 17.5 Å². The minimum absolute atomic E-state index is 0.0441. The van der Waals surface area contributed by atoms with Crippen LogP contribution in [-0.2, 0) is 4.79 Å². The monoisotopic (exact) mass is 407 g/mol. The van der Waals surface area contributed by atoms with Gasteiger partial charge in [0.15, 0.2) is 0 Å². The molecule has 29 heavy (non-hydrogen) atoms. The fourth-order valence-corrected chi connectivity index (χ4v) is 2.86. The van der Waals surface area contributed by atoms with Crippen molar-refractivity contribution < 1.29 is 32.3 Å². The van der Waals surface area contributed by atoms with E-state index in [2.05, 4.69) is 0 Å². The summed E-state index contributed by atoms with van der Waals surface area (Å²) in [7, 11) is 1.39. The molecule has 152 valence electrons. The van der Waals surface area contributed by atoms with Crippen molar-refractivity contribution in [3.8, 4) is 5.75 Å². The number of nitrogens with zero attached hydrogens (tertiary/aromatic N) is 1. The minimum atomic E-state index is -5.29. The first-order valence-corrected chi connectivity index (χ1v) is 8.36. The summed E-state index contributed by atoms with van der Waals surface area (Å²) < 4.78 is 46.6. The minimum Gasteiger partial charge on any atom is -0.497 e. The second-order valence-electron chi connectivity index (χ2n) is 6.34. The Bertz CT molecular complexity index is 975. The summed E-state index contributed by atoms with van der Waals surface area (Å²) in [6.45, 7) is 1.66. The third-order valence-corrected chi connectivity index (χ3v) is 4.36. The maximum atomic E-state index is 13.9. The Hall–Kier alpha value is -3.56. The quantitative estimate of drug-likeness (QED) is 0.763. The normalized spacial score (nSPS) is 19.1. The Labute approximate surface area is 163 Å². The molecule has 3 rings (SSSR count). The van der Waals surface area contributed by atoms with E-state index in [-0.39, 0.29) is 11.3 Å². The molecule has 1 atom stereocenters. The number of rotatable bonds is 4. The molecule has 0 aromatic heterocycles. The molecular formula is C19H16F3N3O4. The van der Waals surface area contributed by atoms with E-state index in [1.54, 1.807) is 23.6 Å². The van der Waals surface area contributed by atoms with E-state index in [0.717, 1.165) is 0 Å². The van der Waals surface area contributed by atoms with Gasteiger partial charge in [-0.1, -0.05) is 12.1 Å². The van der Waals surface area contributed by atoms with Gasteiger partial charge in [-0.05, 0) is 48.9 Å². The smallest absolute Gasteiger partial charge is 0.440 e. The number of carbonyl (C=O) groups excluding carboxylic acids is 3. The number of hydrogen-bond acceptors (Lipinski definition) is 4. The molecule has 1 aliphatic rings. The number of nitrogens with one attached hydrogen (secondary N) is 2. The number of amides is 4. The van der Waals surface area contributed by atoms with Crippen LogP contribution in [0.15, 0.2) is 48.5 Å². The maximum absolute atomic E-state index is 13.9. The number of imide groups is 1. The van der Waals surface area contributed by atoms with Gasteiger partial charge in [-0.15, -0.1) is 0 Å². The molecule has 10 heteroatoms. The van der Waals surface area contributed by atoms with Gasteiger partial charge >= 0.3 is 12.2 Å². The van der Waals surface area contributed by atoms with Crippen LogP contribution in [-0.4, -0.2) is 36.8 Å². The van der Waals surface area contributed by atoms with Crippen LogP contribution in [0.5, 0.6) is 5.75 Å². The van der Waals surface area contributed by atoms with E-state index in [4.69, 9.17) is 4.74 Å². The first-order valence-electron chi connectivity index (χ1n) is 8.36. The highest BCUT2D eigenvalue weighted by Crippen LogP contribution is 2.36. The van der Waals surface area contributed by atoms with Crippen LogP contribution in [0.4, 0.5) is 23.7 Å². The van der Waals surface area contributed by atoms with Gasteiger partial charge in [-0.3, -0.25) is 14.9 Å². The molecule has 0 bridgehead atoms. The zero-order chi connectivity index (χ0) is 21.4. The van der Waals surface area contributed by atoms with E-state index in [1.165, 1.54) is 49.6 Å². The number of anilines is 1. The Morgan fingerprint density at radius 1 is 1.14 bits per heavy atom. The first-order chi connectivity index (χ1) is 13.6. The lowest BCUT2D eigenvalue weighted by Crippen LogP contribution is -2.69. The van der Waals surface area contributed by atoms with Crippen molar-refractivity contribution >= 4 is 23.5 Å². The number of carbonyl (C=O) groups is 3. The average Bonchev–Trinajstić information content (AvgIpc) is 2.92. The number of aryl methyl sites for hydroxylation is 1. The Balaban J connectivity index is 1.98. The zero-order valence-corrected chi connectivity index (χ0v) is 15.3. The highest BCUT2D eigenvalue weighted by Gasteiger charge is 2.69. The van der Waals surface area contributed by atoms with Crippen molar-refractivity contribution in [1.29, 1.82) is 0 Å². The summed E-state index contributed by atoms with van der Waals surface area (Å²) in [6, 6.07) is 9.78. The molecule has 1 aliphatic heterocycles. The number of urea groups is 1. The molecule has 0 spiro atoms. The van der Waals surface area contributed by atoms with Gasteiger partial charge in [-0.25, -0.2) is 9.69 Å². The molecular weight excluding hydrogens is 391 g/mol. The number of hydrogen-bond donors (Lipinski definition) is 2. The molecule has 2 aromatic carbocycles. The van der Waals surface area contributed by atoms with Gasteiger partial charge in [-0.2, -0.15) is 13.2 Å². The average molecular weight is 407 g/mol. The zero-order valence-electron chi connectivity index (χ0n) is 15.3. The molecule has 0 aliphatic carbocycles. The summed E-state index contributed by atoms with van der Waals surface area (Å²) in [4.78, 5) is 37.8. The second-order valence-corrected chi connectivity index (χ2v) is 6.34.